The quantitative estimate of drug-likeness (QED) is 0.798. The van der Waals surface area contributed by atoms with E-state index in [1.165, 1.54) is 0 Å². The summed E-state index contributed by atoms with van der Waals surface area (Å²) >= 11 is 0. The largest absolute Gasteiger partial charge is 0.344 e. The molecular formula is C12H26ClN3O2. The third-order valence-electron chi connectivity index (χ3n) is 2.75. The number of nitrogens with one attached hydrogen (secondary N) is 1. The van der Waals surface area contributed by atoms with E-state index >= 15 is 0 Å². The summed E-state index contributed by atoms with van der Waals surface area (Å²) in [6, 6.07) is -0.558. The number of rotatable bonds is 4. The van der Waals surface area contributed by atoms with Crippen molar-refractivity contribution in [3.8, 4) is 0 Å². The monoisotopic (exact) mass is 279 g/mol. The van der Waals surface area contributed by atoms with Crippen molar-refractivity contribution in [3.05, 3.63) is 0 Å². The van der Waals surface area contributed by atoms with E-state index in [1.54, 1.807) is 18.9 Å². The topological polar surface area (TPSA) is 75.4 Å². The second-order valence-corrected chi connectivity index (χ2v) is 5.48. The normalized spacial score (nSPS) is 14.2. The molecule has 2 unspecified atom stereocenters. The summed E-state index contributed by atoms with van der Waals surface area (Å²) in [5.41, 5.74) is 5.01. The van der Waals surface area contributed by atoms with Crippen LogP contribution in [-0.2, 0) is 9.59 Å². The van der Waals surface area contributed by atoms with Gasteiger partial charge in [0.2, 0.25) is 11.8 Å². The summed E-state index contributed by atoms with van der Waals surface area (Å²) in [6.45, 7) is 9.40. The third-order valence-corrected chi connectivity index (χ3v) is 2.75. The van der Waals surface area contributed by atoms with Crippen molar-refractivity contribution in [2.75, 3.05) is 13.6 Å². The molecule has 0 bridgehead atoms. The van der Waals surface area contributed by atoms with Gasteiger partial charge in [0.05, 0.1) is 0 Å². The van der Waals surface area contributed by atoms with Gasteiger partial charge in [-0.15, -0.1) is 12.4 Å². The van der Waals surface area contributed by atoms with E-state index in [0.29, 0.717) is 6.54 Å². The highest BCUT2D eigenvalue weighted by atomic mass is 35.5. The van der Waals surface area contributed by atoms with Crippen LogP contribution in [0, 0.1) is 5.41 Å². The number of nitrogens with two attached hydrogens (primary N) is 1. The highest BCUT2D eigenvalue weighted by Gasteiger charge is 2.27. The summed E-state index contributed by atoms with van der Waals surface area (Å²) < 4.78 is 0. The SMILES string of the molecule is CC(NC(=O)C(C)(C)C)C(=O)N(C)C(C)CN.Cl. The molecule has 0 aromatic carbocycles. The average molecular weight is 280 g/mol. The molecule has 0 aliphatic carbocycles. The van der Waals surface area contributed by atoms with Crippen molar-refractivity contribution in [2.45, 2.75) is 46.7 Å². The standard InChI is InChI=1S/C12H25N3O2.ClH/c1-8(7-13)15(6)10(16)9(2)14-11(17)12(3,4)5;/h8-9H,7,13H2,1-6H3,(H,14,17);1H. The van der Waals surface area contributed by atoms with Crippen molar-refractivity contribution in [2.24, 2.45) is 11.1 Å². The van der Waals surface area contributed by atoms with E-state index in [9.17, 15) is 9.59 Å². The van der Waals surface area contributed by atoms with Crippen molar-refractivity contribution >= 4 is 24.2 Å². The van der Waals surface area contributed by atoms with Crippen LogP contribution in [-0.4, -0.2) is 42.4 Å². The predicted molar refractivity (Wildman–Crippen MR) is 75.6 cm³/mol. The molecule has 5 nitrogen and oxygen atoms in total. The van der Waals surface area contributed by atoms with Crippen molar-refractivity contribution < 1.29 is 9.59 Å². The molecular weight excluding hydrogens is 254 g/mol. The van der Waals surface area contributed by atoms with E-state index in [-0.39, 0.29) is 30.3 Å². The first-order valence-electron chi connectivity index (χ1n) is 5.89. The molecule has 0 heterocycles. The number of carbonyl (C=O) groups is 2. The lowest BCUT2D eigenvalue weighted by atomic mass is 9.95. The first-order chi connectivity index (χ1) is 7.61. The summed E-state index contributed by atoms with van der Waals surface area (Å²) in [5, 5.41) is 2.71. The molecule has 0 rings (SSSR count). The second-order valence-electron chi connectivity index (χ2n) is 5.48. The Morgan fingerprint density at radius 1 is 1.28 bits per heavy atom. The molecule has 2 atom stereocenters. The molecule has 3 N–H and O–H groups in total. The van der Waals surface area contributed by atoms with Crippen LogP contribution in [0.25, 0.3) is 0 Å². The fourth-order valence-corrected chi connectivity index (χ4v) is 1.16. The van der Waals surface area contributed by atoms with E-state index in [1.807, 2.05) is 27.7 Å². The Morgan fingerprint density at radius 3 is 2.06 bits per heavy atom. The molecule has 0 aliphatic heterocycles. The van der Waals surface area contributed by atoms with Crippen LogP contribution in [0.4, 0.5) is 0 Å². The van der Waals surface area contributed by atoms with Crippen LogP contribution < -0.4 is 11.1 Å². The van der Waals surface area contributed by atoms with Gasteiger partial charge in [0.15, 0.2) is 0 Å². The third kappa shape index (κ3) is 5.69. The van der Waals surface area contributed by atoms with Gasteiger partial charge in [0, 0.05) is 25.0 Å². The minimum absolute atomic E-state index is 0. The number of carbonyl (C=O) groups excluding carboxylic acids is 2. The number of hydrogen-bond donors (Lipinski definition) is 2. The molecule has 6 heteroatoms. The molecule has 0 aromatic rings. The van der Waals surface area contributed by atoms with Gasteiger partial charge in [-0.1, -0.05) is 20.8 Å². The first-order valence-corrected chi connectivity index (χ1v) is 5.89. The van der Waals surface area contributed by atoms with E-state index < -0.39 is 11.5 Å². The molecule has 0 aliphatic rings. The zero-order valence-corrected chi connectivity index (χ0v) is 12.9. The maximum absolute atomic E-state index is 12.0. The van der Waals surface area contributed by atoms with Crippen LogP contribution in [0.2, 0.25) is 0 Å². The van der Waals surface area contributed by atoms with Gasteiger partial charge in [0.25, 0.3) is 0 Å². The lowest BCUT2D eigenvalue weighted by Crippen LogP contribution is -2.51. The zero-order chi connectivity index (χ0) is 13.8. The van der Waals surface area contributed by atoms with Gasteiger partial charge in [-0.3, -0.25) is 9.59 Å². The van der Waals surface area contributed by atoms with E-state index in [0.717, 1.165) is 0 Å². The maximum Gasteiger partial charge on any atom is 0.244 e. The molecule has 0 spiro atoms. The Kier molecular flexibility index (Phi) is 8.23. The van der Waals surface area contributed by atoms with E-state index in [4.69, 9.17) is 5.73 Å². The lowest BCUT2D eigenvalue weighted by Gasteiger charge is -2.28. The number of halogens is 1. The molecule has 108 valence electrons. The number of hydrogen-bond acceptors (Lipinski definition) is 3. The molecule has 0 saturated heterocycles. The summed E-state index contributed by atoms with van der Waals surface area (Å²) in [4.78, 5) is 25.3. The van der Waals surface area contributed by atoms with Crippen molar-refractivity contribution in [3.63, 3.8) is 0 Å². The zero-order valence-electron chi connectivity index (χ0n) is 12.1. The molecule has 0 saturated carbocycles. The highest BCUT2D eigenvalue weighted by molar-refractivity contribution is 5.89. The van der Waals surface area contributed by atoms with Crippen molar-refractivity contribution in [1.29, 1.82) is 0 Å². The predicted octanol–water partition coefficient (Wildman–Crippen LogP) is 0.765. The molecule has 0 aromatic heterocycles. The van der Waals surface area contributed by atoms with Crippen LogP contribution in [0.15, 0.2) is 0 Å². The number of likely N-dealkylation sites (N-methyl/N-ethyl adjacent to an activating group) is 1. The number of nitrogens with zero attached hydrogens (tertiary/aromatic N) is 1. The Balaban J connectivity index is 0. The number of amides is 2. The Labute approximate surface area is 116 Å². The van der Waals surface area contributed by atoms with Gasteiger partial charge in [0.1, 0.15) is 6.04 Å². The Bertz CT molecular complexity index is 290. The lowest BCUT2D eigenvalue weighted by molar-refractivity contribution is -0.138. The molecule has 0 fully saturated rings. The minimum atomic E-state index is -0.527. The summed E-state index contributed by atoms with van der Waals surface area (Å²) in [7, 11) is 1.69. The van der Waals surface area contributed by atoms with Gasteiger partial charge in [-0.05, 0) is 13.8 Å². The van der Waals surface area contributed by atoms with E-state index in [2.05, 4.69) is 5.32 Å². The first kappa shape index (κ1) is 19.5. The van der Waals surface area contributed by atoms with Gasteiger partial charge >= 0.3 is 0 Å². The van der Waals surface area contributed by atoms with Gasteiger partial charge in [-0.25, -0.2) is 0 Å². The van der Waals surface area contributed by atoms with Crippen LogP contribution in [0.3, 0.4) is 0 Å². The fraction of sp³-hybridized carbons (Fsp3) is 0.833. The average Bonchev–Trinajstić information content (AvgIpc) is 2.24. The van der Waals surface area contributed by atoms with Crippen LogP contribution in [0.5, 0.6) is 0 Å². The summed E-state index contributed by atoms with van der Waals surface area (Å²) in [6.07, 6.45) is 0. The molecule has 0 radical (unpaired) electrons. The van der Waals surface area contributed by atoms with Gasteiger partial charge < -0.3 is 16.0 Å². The Morgan fingerprint density at radius 2 is 1.72 bits per heavy atom. The fourth-order valence-electron chi connectivity index (χ4n) is 1.16. The van der Waals surface area contributed by atoms with Crippen molar-refractivity contribution in [1.82, 2.24) is 10.2 Å². The second kappa shape index (κ2) is 7.59. The van der Waals surface area contributed by atoms with Crippen LogP contribution >= 0.6 is 12.4 Å². The highest BCUT2D eigenvalue weighted by Crippen LogP contribution is 2.13. The molecule has 2 amide bonds. The minimum Gasteiger partial charge on any atom is -0.344 e. The molecule has 18 heavy (non-hydrogen) atoms. The Hall–Kier alpha value is -0.810. The van der Waals surface area contributed by atoms with Gasteiger partial charge in [-0.2, -0.15) is 0 Å². The smallest absolute Gasteiger partial charge is 0.244 e. The maximum atomic E-state index is 12.0. The van der Waals surface area contributed by atoms with Crippen LogP contribution in [0.1, 0.15) is 34.6 Å². The summed E-state index contributed by atoms with van der Waals surface area (Å²) in [5.74, 6) is -0.257.